The summed E-state index contributed by atoms with van der Waals surface area (Å²) in [6.45, 7) is 1.98. The molecule has 21 heavy (non-hydrogen) atoms. The molecular formula is C15H14ClN3O2. The molecule has 0 aromatic heterocycles. The van der Waals surface area contributed by atoms with Crippen molar-refractivity contribution in [2.75, 3.05) is 23.0 Å². The number of aryl methyl sites for hydroxylation is 1. The highest BCUT2D eigenvalue weighted by Crippen LogP contribution is 2.37. The van der Waals surface area contributed by atoms with Gasteiger partial charge in [0.05, 0.1) is 27.8 Å². The number of carbonyl (C=O) groups is 1. The van der Waals surface area contributed by atoms with E-state index >= 15 is 0 Å². The van der Waals surface area contributed by atoms with Crippen molar-refractivity contribution in [3.63, 3.8) is 0 Å². The summed E-state index contributed by atoms with van der Waals surface area (Å²) in [6, 6.07) is 9.09. The smallest absolute Gasteiger partial charge is 0.262 e. The van der Waals surface area contributed by atoms with Gasteiger partial charge < -0.3 is 21.1 Å². The van der Waals surface area contributed by atoms with E-state index in [4.69, 9.17) is 22.1 Å². The average molecular weight is 304 g/mol. The van der Waals surface area contributed by atoms with Crippen LogP contribution in [-0.4, -0.2) is 12.5 Å². The zero-order valence-corrected chi connectivity index (χ0v) is 12.1. The number of carbonyl (C=O) groups excluding carboxylic acids is 1. The molecular weight excluding hydrogens is 290 g/mol. The minimum atomic E-state index is -0.188. The summed E-state index contributed by atoms with van der Waals surface area (Å²) in [4.78, 5) is 11.4. The van der Waals surface area contributed by atoms with Crippen LogP contribution in [0, 0.1) is 6.92 Å². The molecule has 1 amide bonds. The van der Waals surface area contributed by atoms with Crippen molar-refractivity contribution in [3.05, 3.63) is 40.9 Å². The molecule has 108 valence electrons. The van der Waals surface area contributed by atoms with E-state index in [-0.39, 0.29) is 12.5 Å². The van der Waals surface area contributed by atoms with Crippen molar-refractivity contribution in [2.24, 2.45) is 0 Å². The minimum Gasteiger partial charge on any atom is -0.482 e. The molecule has 1 aliphatic rings. The quantitative estimate of drug-likeness (QED) is 0.744. The Balaban J connectivity index is 1.97. The Bertz CT molecular complexity index is 731. The second-order valence-electron chi connectivity index (χ2n) is 4.88. The predicted molar refractivity (Wildman–Crippen MR) is 84.5 cm³/mol. The summed E-state index contributed by atoms with van der Waals surface area (Å²) in [7, 11) is 0. The molecule has 0 fully saturated rings. The van der Waals surface area contributed by atoms with E-state index in [0.29, 0.717) is 27.8 Å². The lowest BCUT2D eigenvalue weighted by Gasteiger charge is -2.20. The molecule has 1 aliphatic heterocycles. The van der Waals surface area contributed by atoms with Crippen molar-refractivity contribution in [1.82, 2.24) is 0 Å². The van der Waals surface area contributed by atoms with Gasteiger partial charge in [0, 0.05) is 6.07 Å². The van der Waals surface area contributed by atoms with Gasteiger partial charge in [0.2, 0.25) is 0 Å². The Kier molecular flexibility index (Phi) is 3.35. The van der Waals surface area contributed by atoms with Crippen molar-refractivity contribution < 1.29 is 9.53 Å². The lowest BCUT2D eigenvalue weighted by atomic mass is 10.1. The third-order valence-electron chi connectivity index (χ3n) is 3.18. The SMILES string of the molecule is Cc1ccc(Cl)c(Nc2cc3c(cc2N)OCC(=O)N3)c1. The Morgan fingerprint density at radius 2 is 2.10 bits per heavy atom. The van der Waals surface area contributed by atoms with E-state index in [0.717, 1.165) is 11.3 Å². The Hall–Kier alpha value is -2.40. The molecule has 0 unspecified atom stereocenters. The number of hydrogen-bond donors (Lipinski definition) is 3. The number of anilines is 4. The van der Waals surface area contributed by atoms with Crippen LogP contribution in [0.1, 0.15) is 5.56 Å². The van der Waals surface area contributed by atoms with Crippen LogP contribution in [0.5, 0.6) is 5.75 Å². The monoisotopic (exact) mass is 303 g/mol. The summed E-state index contributed by atoms with van der Waals surface area (Å²) < 4.78 is 5.32. The average Bonchev–Trinajstić information content (AvgIpc) is 2.44. The first-order chi connectivity index (χ1) is 10.0. The second kappa shape index (κ2) is 5.18. The molecule has 0 saturated carbocycles. The summed E-state index contributed by atoms with van der Waals surface area (Å²) in [5.74, 6) is 0.375. The normalized spacial score (nSPS) is 13.1. The molecule has 5 nitrogen and oxygen atoms in total. The first-order valence-corrected chi connectivity index (χ1v) is 6.80. The van der Waals surface area contributed by atoms with Gasteiger partial charge in [-0.2, -0.15) is 0 Å². The molecule has 0 bridgehead atoms. The van der Waals surface area contributed by atoms with Gasteiger partial charge in [-0.1, -0.05) is 17.7 Å². The maximum atomic E-state index is 11.4. The molecule has 2 aromatic rings. The standard InChI is InChI=1S/C15H14ClN3O2/c1-8-2-3-9(16)11(4-8)18-12-6-13-14(5-10(12)17)21-7-15(20)19-13/h2-6,18H,7,17H2,1H3,(H,19,20). The molecule has 0 radical (unpaired) electrons. The number of nitrogens with one attached hydrogen (secondary N) is 2. The van der Waals surface area contributed by atoms with Gasteiger partial charge in [0.1, 0.15) is 5.75 Å². The fourth-order valence-corrected chi connectivity index (χ4v) is 2.30. The number of rotatable bonds is 2. The fraction of sp³-hybridized carbons (Fsp3) is 0.133. The first-order valence-electron chi connectivity index (χ1n) is 6.42. The Morgan fingerprint density at radius 1 is 1.29 bits per heavy atom. The van der Waals surface area contributed by atoms with Gasteiger partial charge >= 0.3 is 0 Å². The zero-order chi connectivity index (χ0) is 15.0. The zero-order valence-electron chi connectivity index (χ0n) is 11.4. The van der Waals surface area contributed by atoms with Crippen LogP contribution in [-0.2, 0) is 4.79 Å². The van der Waals surface area contributed by atoms with E-state index in [1.165, 1.54) is 0 Å². The molecule has 0 aliphatic carbocycles. The van der Waals surface area contributed by atoms with E-state index in [1.807, 2.05) is 25.1 Å². The van der Waals surface area contributed by atoms with Crippen molar-refractivity contribution in [3.8, 4) is 5.75 Å². The van der Waals surface area contributed by atoms with E-state index in [9.17, 15) is 4.79 Å². The van der Waals surface area contributed by atoms with Gasteiger partial charge in [0.25, 0.3) is 5.91 Å². The van der Waals surface area contributed by atoms with Crippen LogP contribution < -0.4 is 21.1 Å². The number of nitrogens with two attached hydrogens (primary N) is 1. The van der Waals surface area contributed by atoms with Crippen molar-refractivity contribution >= 4 is 40.3 Å². The number of ether oxygens (including phenoxy) is 1. The number of fused-ring (bicyclic) bond motifs is 1. The highest BCUT2D eigenvalue weighted by molar-refractivity contribution is 6.33. The van der Waals surface area contributed by atoms with Crippen LogP contribution in [0.25, 0.3) is 0 Å². The third-order valence-corrected chi connectivity index (χ3v) is 3.51. The molecule has 0 saturated heterocycles. The van der Waals surface area contributed by atoms with Crippen molar-refractivity contribution in [1.29, 1.82) is 0 Å². The number of benzene rings is 2. The number of amides is 1. The van der Waals surface area contributed by atoms with Gasteiger partial charge in [-0.05, 0) is 30.7 Å². The Morgan fingerprint density at radius 3 is 2.90 bits per heavy atom. The number of halogens is 1. The Labute approximate surface area is 127 Å². The molecule has 0 atom stereocenters. The largest absolute Gasteiger partial charge is 0.482 e. The molecule has 2 aromatic carbocycles. The molecule has 4 N–H and O–H groups in total. The molecule has 0 spiro atoms. The fourth-order valence-electron chi connectivity index (χ4n) is 2.13. The maximum Gasteiger partial charge on any atom is 0.262 e. The van der Waals surface area contributed by atoms with E-state index in [2.05, 4.69) is 10.6 Å². The molecule has 3 rings (SSSR count). The van der Waals surface area contributed by atoms with E-state index in [1.54, 1.807) is 12.1 Å². The van der Waals surface area contributed by atoms with Gasteiger partial charge in [0.15, 0.2) is 6.61 Å². The summed E-state index contributed by atoms with van der Waals surface area (Å²) in [6.07, 6.45) is 0. The second-order valence-corrected chi connectivity index (χ2v) is 5.29. The predicted octanol–water partition coefficient (Wildman–Crippen LogP) is 3.31. The van der Waals surface area contributed by atoms with Crippen molar-refractivity contribution in [2.45, 2.75) is 6.92 Å². The van der Waals surface area contributed by atoms with E-state index < -0.39 is 0 Å². The van der Waals surface area contributed by atoms with Gasteiger partial charge in [-0.3, -0.25) is 4.79 Å². The third kappa shape index (κ3) is 2.73. The van der Waals surface area contributed by atoms with Crippen LogP contribution in [0.3, 0.4) is 0 Å². The minimum absolute atomic E-state index is 0.00290. The summed E-state index contributed by atoms with van der Waals surface area (Å²) >= 11 is 6.17. The number of hydrogen-bond acceptors (Lipinski definition) is 4. The van der Waals surface area contributed by atoms with Gasteiger partial charge in [-0.15, -0.1) is 0 Å². The van der Waals surface area contributed by atoms with Crippen LogP contribution in [0.15, 0.2) is 30.3 Å². The lowest BCUT2D eigenvalue weighted by molar-refractivity contribution is -0.118. The topological polar surface area (TPSA) is 76.4 Å². The molecule has 1 heterocycles. The highest BCUT2D eigenvalue weighted by Gasteiger charge is 2.18. The maximum absolute atomic E-state index is 11.4. The van der Waals surface area contributed by atoms with Gasteiger partial charge in [-0.25, -0.2) is 0 Å². The lowest BCUT2D eigenvalue weighted by Crippen LogP contribution is -2.25. The van der Waals surface area contributed by atoms with Crippen LogP contribution >= 0.6 is 11.6 Å². The summed E-state index contributed by atoms with van der Waals surface area (Å²) in [5, 5.41) is 6.52. The highest BCUT2D eigenvalue weighted by atomic mass is 35.5. The van der Waals surface area contributed by atoms with Crippen LogP contribution in [0.4, 0.5) is 22.7 Å². The molecule has 6 heteroatoms. The number of nitrogen functional groups attached to an aromatic ring is 1. The first kappa shape index (κ1) is 13.6. The summed E-state index contributed by atoms with van der Waals surface area (Å²) in [5.41, 5.74) is 9.62. The van der Waals surface area contributed by atoms with Crippen LogP contribution in [0.2, 0.25) is 5.02 Å².